The summed E-state index contributed by atoms with van der Waals surface area (Å²) in [6.45, 7) is 3.08. The number of hydrogen-bond donors (Lipinski definition) is 1. The standard InChI is InChI=1S/C16H21FN2O2/c1-16(10-21-9-14(16)18)15(20)19(13-5-6-13)8-11-3-2-4-12(17)7-11/h2-4,7,13-14H,5-6,8-10,18H2,1H3. The van der Waals surface area contributed by atoms with Crippen LogP contribution in [0.25, 0.3) is 0 Å². The van der Waals surface area contributed by atoms with Gasteiger partial charge in [0.1, 0.15) is 5.82 Å². The summed E-state index contributed by atoms with van der Waals surface area (Å²) in [4.78, 5) is 14.8. The van der Waals surface area contributed by atoms with Crippen LogP contribution in [-0.4, -0.2) is 36.1 Å². The van der Waals surface area contributed by atoms with E-state index in [4.69, 9.17) is 10.5 Å². The first-order valence-corrected chi connectivity index (χ1v) is 7.39. The van der Waals surface area contributed by atoms with Crippen LogP contribution < -0.4 is 5.73 Å². The molecule has 5 heteroatoms. The Hall–Kier alpha value is -1.46. The number of halogens is 1. The van der Waals surface area contributed by atoms with Crippen LogP contribution in [0, 0.1) is 11.2 Å². The normalized spacial score (nSPS) is 28.6. The van der Waals surface area contributed by atoms with E-state index in [-0.39, 0.29) is 23.8 Å². The Balaban J connectivity index is 1.80. The molecule has 1 saturated heterocycles. The highest BCUT2D eigenvalue weighted by Gasteiger charge is 2.49. The zero-order valence-electron chi connectivity index (χ0n) is 12.2. The molecule has 0 spiro atoms. The lowest BCUT2D eigenvalue weighted by molar-refractivity contribution is -0.143. The third-order valence-electron chi connectivity index (χ3n) is 4.50. The highest BCUT2D eigenvalue weighted by molar-refractivity contribution is 5.84. The predicted molar refractivity (Wildman–Crippen MR) is 76.9 cm³/mol. The summed E-state index contributed by atoms with van der Waals surface area (Å²) in [6, 6.07) is 6.39. The SMILES string of the molecule is CC1(C(=O)N(Cc2cccc(F)c2)C2CC2)COCC1N. The van der Waals surface area contributed by atoms with E-state index < -0.39 is 5.41 Å². The average molecular weight is 292 g/mol. The number of amides is 1. The van der Waals surface area contributed by atoms with Gasteiger partial charge < -0.3 is 15.4 Å². The molecule has 1 heterocycles. The van der Waals surface area contributed by atoms with Crippen molar-refractivity contribution < 1.29 is 13.9 Å². The summed E-state index contributed by atoms with van der Waals surface area (Å²) < 4.78 is 18.7. The van der Waals surface area contributed by atoms with Gasteiger partial charge in [-0.2, -0.15) is 0 Å². The number of hydrogen-bond acceptors (Lipinski definition) is 3. The number of rotatable bonds is 4. The Morgan fingerprint density at radius 2 is 2.29 bits per heavy atom. The maximum Gasteiger partial charge on any atom is 0.233 e. The van der Waals surface area contributed by atoms with Gasteiger partial charge in [0.25, 0.3) is 0 Å². The topological polar surface area (TPSA) is 55.6 Å². The van der Waals surface area contributed by atoms with Crippen molar-refractivity contribution in [3.05, 3.63) is 35.6 Å². The molecule has 1 aliphatic carbocycles. The van der Waals surface area contributed by atoms with Gasteiger partial charge in [-0.25, -0.2) is 4.39 Å². The molecule has 3 rings (SSSR count). The number of carbonyl (C=O) groups is 1. The summed E-state index contributed by atoms with van der Waals surface area (Å²) in [5, 5.41) is 0. The van der Waals surface area contributed by atoms with E-state index in [0.717, 1.165) is 18.4 Å². The van der Waals surface area contributed by atoms with E-state index in [1.807, 2.05) is 17.9 Å². The molecule has 21 heavy (non-hydrogen) atoms. The third kappa shape index (κ3) is 2.80. The predicted octanol–water partition coefficient (Wildman–Crippen LogP) is 1.68. The van der Waals surface area contributed by atoms with Crippen molar-refractivity contribution in [2.75, 3.05) is 13.2 Å². The molecule has 0 radical (unpaired) electrons. The third-order valence-corrected chi connectivity index (χ3v) is 4.50. The Bertz CT molecular complexity index is 547. The van der Waals surface area contributed by atoms with Crippen LogP contribution in [0.5, 0.6) is 0 Å². The minimum absolute atomic E-state index is 0.0271. The van der Waals surface area contributed by atoms with Crippen LogP contribution in [0.3, 0.4) is 0 Å². The molecular formula is C16H21FN2O2. The molecule has 1 amide bonds. The van der Waals surface area contributed by atoms with Crippen molar-refractivity contribution >= 4 is 5.91 Å². The molecule has 1 aromatic carbocycles. The van der Waals surface area contributed by atoms with Gasteiger partial charge in [0.05, 0.1) is 18.6 Å². The monoisotopic (exact) mass is 292 g/mol. The zero-order chi connectivity index (χ0) is 15.0. The van der Waals surface area contributed by atoms with Crippen LogP contribution in [0.4, 0.5) is 4.39 Å². The fourth-order valence-electron chi connectivity index (χ4n) is 2.82. The van der Waals surface area contributed by atoms with E-state index in [2.05, 4.69) is 0 Å². The number of carbonyl (C=O) groups excluding carboxylic acids is 1. The summed E-state index contributed by atoms with van der Waals surface area (Å²) in [5.74, 6) is -0.248. The van der Waals surface area contributed by atoms with Crippen LogP contribution in [-0.2, 0) is 16.1 Å². The van der Waals surface area contributed by atoms with Crippen LogP contribution in [0.2, 0.25) is 0 Å². The first-order valence-electron chi connectivity index (χ1n) is 7.39. The summed E-state index contributed by atoms with van der Waals surface area (Å²) in [6.07, 6.45) is 2.01. The second kappa shape index (κ2) is 5.39. The number of nitrogens with two attached hydrogens (primary N) is 1. The van der Waals surface area contributed by atoms with Crippen molar-refractivity contribution in [1.29, 1.82) is 0 Å². The minimum atomic E-state index is -0.671. The van der Waals surface area contributed by atoms with Crippen molar-refractivity contribution in [1.82, 2.24) is 4.90 Å². The van der Waals surface area contributed by atoms with Crippen molar-refractivity contribution in [2.24, 2.45) is 11.1 Å². The number of benzene rings is 1. The molecule has 0 bridgehead atoms. The first-order chi connectivity index (χ1) is 10.0. The van der Waals surface area contributed by atoms with Crippen LogP contribution >= 0.6 is 0 Å². The van der Waals surface area contributed by atoms with E-state index in [0.29, 0.717) is 19.8 Å². The fourth-order valence-corrected chi connectivity index (χ4v) is 2.82. The Kier molecular flexibility index (Phi) is 3.71. The van der Waals surface area contributed by atoms with Crippen molar-refractivity contribution in [2.45, 2.75) is 38.4 Å². The lowest BCUT2D eigenvalue weighted by Gasteiger charge is -2.33. The minimum Gasteiger partial charge on any atom is -0.379 e. The highest BCUT2D eigenvalue weighted by atomic mass is 19.1. The maximum atomic E-state index is 13.3. The number of ether oxygens (including phenoxy) is 1. The Labute approximate surface area is 124 Å². The Morgan fingerprint density at radius 1 is 1.52 bits per heavy atom. The van der Waals surface area contributed by atoms with E-state index in [1.54, 1.807) is 6.07 Å². The lowest BCUT2D eigenvalue weighted by atomic mass is 9.84. The molecule has 4 nitrogen and oxygen atoms in total. The first kappa shape index (κ1) is 14.5. The molecule has 1 aliphatic heterocycles. The molecule has 2 N–H and O–H groups in total. The largest absolute Gasteiger partial charge is 0.379 e. The summed E-state index contributed by atoms with van der Waals surface area (Å²) in [7, 11) is 0. The van der Waals surface area contributed by atoms with Gasteiger partial charge >= 0.3 is 0 Å². The highest BCUT2D eigenvalue weighted by Crippen LogP contribution is 2.36. The molecule has 1 saturated carbocycles. The molecule has 2 aliphatic rings. The summed E-state index contributed by atoms with van der Waals surface area (Å²) in [5.41, 5.74) is 6.20. The quantitative estimate of drug-likeness (QED) is 0.918. The van der Waals surface area contributed by atoms with Gasteiger partial charge in [0.15, 0.2) is 0 Å². The van der Waals surface area contributed by atoms with Crippen LogP contribution in [0.1, 0.15) is 25.3 Å². The smallest absolute Gasteiger partial charge is 0.233 e. The van der Waals surface area contributed by atoms with E-state index >= 15 is 0 Å². The van der Waals surface area contributed by atoms with Gasteiger partial charge in [-0.3, -0.25) is 4.79 Å². The lowest BCUT2D eigenvalue weighted by Crippen LogP contribution is -2.51. The van der Waals surface area contributed by atoms with Gasteiger partial charge in [0, 0.05) is 18.6 Å². The molecule has 114 valence electrons. The van der Waals surface area contributed by atoms with Gasteiger partial charge in [0.2, 0.25) is 5.91 Å². The van der Waals surface area contributed by atoms with E-state index in [9.17, 15) is 9.18 Å². The molecular weight excluding hydrogens is 271 g/mol. The van der Waals surface area contributed by atoms with Crippen molar-refractivity contribution in [3.8, 4) is 0 Å². The van der Waals surface area contributed by atoms with Gasteiger partial charge in [-0.05, 0) is 37.5 Å². The average Bonchev–Trinajstić information content (AvgIpc) is 3.23. The zero-order valence-corrected chi connectivity index (χ0v) is 12.2. The van der Waals surface area contributed by atoms with Crippen LogP contribution in [0.15, 0.2) is 24.3 Å². The molecule has 0 aromatic heterocycles. The molecule has 2 fully saturated rings. The number of nitrogens with zero attached hydrogens (tertiary/aromatic N) is 1. The van der Waals surface area contributed by atoms with E-state index in [1.165, 1.54) is 12.1 Å². The molecule has 2 atom stereocenters. The fraction of sp³-hybridized carbons (Fsp3) is 0.562. The Morgan fingerprint density at radius 3 is 2.86 bits per heavy atom. The van der Waals surface area contributed by atoms with Gasteiger partial charge in [-0.1, -0.05) is 12.1 Å². The van der Waals surface area contributed by atoms with Gasteiger partial charge in [-0.15, -0.1) is 0 Å². The summed E-state index contributed by atoms with van der Waals surface area (Å²) >= 11 is 0. The molecule has 1 aromatic rings. The maximum absolute atomic E-state index is 13.3. The second-order valence-electron chi connectivity index (χ2n) is 6.33. The second-order valence-corrected chi connectivity index (χ2v) is 6.33. The van der Waals surface area contributed by atoms with Crippen molar-refractivity contribution in [3.63, 3.8) is 0 Å². The molecule has 2 unspecified atom stereocenters.